The van der Waals surface area contributed by atoms with E-state index in [1.54, 1.807) is 16.6 Å². The maximum atomic E-state index is 13.7. The van der Waals surface area contributed by atoms with Crippen LogP contribution in [-0.2, 0) is 15.6 Å². The number of carbonyl (C=O) groups is 1. The standard InChI is InChI=1S/C30H41N3O3S.C5H12/c1-7-18-33(26(6)24(4)8-2)37(35,36)32-19-16-30(17-20-32,27-12-10-9-11-13-27)22-31-29(34)28-21-23(3)14-15-25(28)5;1-4-5(2)3/h7,9-15,18,21H,8,16-17,19-20,22H2,1-6H3,(H,31,34);5H,4H2,1-3H3/b18-7-,26-24?;. The quantitative estimate of drug-likeness (QED) is 0.304. The molecule has 0 saturated carbocycles. The SMILES string of the molecule is C/C=C\N(C(C)=C(C)CC)S(=O)(=O)N1CCC(CNC(=O)c2cc(C)ccc2C)(c2ccccc2)CC1.CCC(C)C. The first-order valence-corrected chi connectivity index (χ1v) is 16.7. The lowest BCUT2D eigenvalue weighted by Crippen LogP contribution is -2.52. The Kier molecular flexibility index (Phi) is 13.5. The van der Waals surface area contributed by atoms with Gasteiger partial charge >= 0.3 is 10.2 Å². The van der Waals surface area contributed by atoms with Gasteiger partial charge < -0.3 is 5.32 Å². The van der Waals surface area contributed by atoms with Crippen molar-refractivity contribution >= 4 is 16.1 Å². The number of amides is 1. The van der Waals surface area contributed by atoms with E-state index in [9.17, 15) is 13.2 Å². The van der Waals surface area contributed by atoms with Crippen molar-refractivity contribution in [1.29, 1.82) is 0 Å². The number of piperidine rings is 1. The first kappa shape index (κ1) is 35.3. The third kappa shape index (κ3) is 9.05. The van der Waals surface area contributed by atoms with Crippen molar-refractivity contribution in [2.75, 3.05) is 19.6 Å². The molecule has 0 spiro atoms. The van der Waals surface area contributed by atoms with Gasteiger partial charge in [-0.25, -0.2) is 4.31 Å². The molecule has 0 unspecified atom stereocenters. The van der Waals surface area contributed by atoms with Crippen LogP contribution >= 0.6 is 0 Å². The fourth-order valence-electron chi connectivity index (χ4n) is 4.89. The highest BCUT2D eigenvalue weighted by atomic mass is 32.2. The highest BCUT2D eigenvalue weighted by molar-refractivity contribution is 7.87. The number of nitrogens with zero attached hydrogens (tertiary/aromatic N) is 2. The second-order valence-electron chi connectivity index (χ2n) is 11.9. The summed E-state index contributed by atoms with van der Waals surface area (Å²) in [5, 5.41) is 3.18. The number of aryl methyl sites for hydroxylation is 2. The Bertz CT molecular complexity index is 1320. The first-order chi connectivity index (χ1) is 19.8. The molecule has 0 aromatic heterocycles. The van der Waals surface area contributed by atoms with Crippen LogP contribution in [0.1, 0.15) is 101 Å². The molecule has 1 aliphatic rings. The van der Waals surface area contributed by atoms with Crippen LogP contribution in [0.3, 0.4) is 0 Å². The smallest absolute Gasteiger partial charge is 0.307 e. The zero-order chi connectivity index (χ0) is 31.5. The fourth-order valence-corrected chi connectivity index (χ4v) is 6.57. The minimum Gasteiger partial charge on any atom is -0.351 e. The monoisotopic (exact) mass is 595 g/mol. The molecular formula is C35H53N3O3S. The van der Waals surface area contributed by atoms with Crippen LogP contribution in [0.4, 0.5) is 0 Å². The van der Waals surface area contributed by atoms with Gasteiger partial charge in [0.2, 0.25) is 0 Å². The van der Waals surface area contributed by atoms with Crippen LogP contribution in [0.15, 0.2) is 72.1 Å². The lowest BCUT2D eigenvalue weighted by atomic mass is 9.73. The highest BCUT2D eigenvalue weighted by Gasteiger charge is 2.41. The molecule has 0 bridgehead atoms. The number of carbonyl (C=O) groups excluding carboxylic acids is 1. The normalized spacial score (nSPS) is 16.0. The minimum absolute atomic E-state index is 0.0957. The van der Waals surface area contributed by atoms with Crippen LogP contribution in [0.5, 0.6) is 0 Å². The van der Waals surface area contributed by atoms with E-state index in [1.165, 1.54) is 10.7 Å². The van der Waals surface area contributed by atoms with Crippen molar-refractivity contribution < 1.29 is 13.2 Å². The van der Waals surface area contributed by atoms with Gasteiger partial charge in [-0.2, -0.15) is 12.7 Å². The molecule has 3 rings (SSSR count). The zero-order valence-electron chi connectivity index (χ0n) is 27.3. The molecule has 2 aromatic carbocycles. The van der Waals surface area contributed by atoms with E-state index in [0.29, 0.717) is 38.0 Å². The van der Waals surface area contributed by atoms with Crippen molar-refractivity contribution in [1.82, 2.24) is 13.9 Å². The molecule has 1 aliphatic heterocycles. The maximum absolute atomic E-state index is 13.7. The van der Waals surface area contributed by atoms with Gasteiger partial charge in [-0.3, -0.25) is 4.79 Å². The molecule has 1 amide bonds. The summed E-state index contributed by atoms with van der Waals surface area (Å²) in [6.07, 6.45) is 6.70. The Morgan fingerprint density at radius 1 is 1.05 bits per heavy atom. The average molecular weight is 596 g/mol. The zero-order valence-corrected chi connectivity index (χ0v) is 28.1. The third-order valence-electron chi connectivity index (χ3n) is 8.45. The molecule has 0 radical (unpaired) electrons. The topological polar surface area (TPSA) is 69.7 Å². The third-order valence-corrected chi connectivity index (χ3v) is 10.4. The Morgan fingerprint density at radius 3 is 2.17 bits per heavy atom. The molecule has 42 heavy (non-hydrogen) atoms. The van der Waals surface area contributed by atoms with Gasteiger partial charge in [-0.15, -0.1) is 0 Å². The first-order valence-electron chi connectivity index (χ1n) is 15.3. The molecule has 0 aliphatic carbocycles. The number of benzene rings is 2. The van der Waals surface area contributed by atoms with E-state index in [1.807, 2.05) is 77.9 Å². The molecule has 2 aromatic rings. The molecule has 1 fully saturated rings. The average Bonchev–Trinajstić information content (AvgIpc) is 2.99. The highest BCUT2D eigenvalue weighted by Crippen LogP contribution is 2.37. The molecule has 0 atom stereocenters. The molecule has 1 saturated heterocycles. The molecule has 1 N–H and O–H groups in total. The van der Waals surface area contributed by atoms with E-state index in [2.05, 4.69) is 38.2 Å². The molecule has 232 valence electrons. The van der Waals surface area contributed by atoms with Crippen molar-refractivity contribution in [3.63, 3.8) is 0 Å². The Labute approximate surface area is 256 Å². The number of hydrogen-bond donors (Lipinski definition) is 1. The van der Waals surface area contributed by atoms with Gasteiger partial charge in [0.1, 0.15) is 0 Å². The largest absolute Gasteiger partial charge is 0.351 e. The van der Waals surface area contributed by atoms with Crippen molar-refractivity contribution in [2.24, 2.45) is 5.92 Å². The van der Waals surface area contributed by atoms with Crippen molar-refractivity contribution in [3.8, 4) is 0 Å². The molecular weight excluding hydrogens is 542 g/mol. The maximum Gasteiger partial charge on any atom is 0.307 e. The van der Waals surface area contributed by atoms with E-state index in [-0.39, 0.29) is 11.3 Å². The van der Waals surface area contributed by atoms with E-state index < -0.39 is 10.2 Å². The van der Waals surface area contributed by atoms with Crippen LogP contribution in [0.2, 0.25) is 0 Å². The van der Waals surface area contributed by atoms with E-state index >= 15 is 0 Å². The van der Waals surface area contributed by atoms with Crippen LogP contribution in [-0.4, -0.2) is 42.6 Å². The second-order valence-corrected chi connectivity index (χ2v) is 13.7. The predicted octanol–water partition coefficient (Wildman–Crippen LogP) is 7.90. The molecule has 7 heteroatoms. The summed E-state index contributed by atoms with van der Waals surface area (Å²) in [4.78, 5) is 13.1. The Hall–Kier alpha value is -2.90. The van der Waals surface area contributed by atoms with Crippen molar-refractivity contribution in [2.45, 2.75) is 93.4 Å². The van der Waals surface area contributed by atoms with Crippen molar-refractivity contribution in [3.05, 3.63) is 94.3 Å². The molecule has 1 heterocycles. The summed E-state index contributed by atoms with van der Waals surface area (Å²) >= 11 is 0. The Morgan fingerprint density at radius 2 is 1.64 bits per heavy atom. The number of allylic oxidation sites excluding steroid dienone is 3. The summed E-state index contributed by atoms with van der Waals surface area (Å²) in [6, 6.07) is 16.0. The summed E-state index contributed by atoms with van der Waals surface area (Å²) in [5.74, 6) is 0.789. The summed E-state index contributed by atoms with van der Waals surface area (Å²) in [5.41, 5.74) is 5.20. The fraction of sp³-hybridized carbons (Fsp3) is 0.514. The van der Waals surface area contributed by atoms with Gasteiger partial charge in [0.15, 0.2) is 0 Å². The number of nitrogens with one attached hydrogen (secondary N) is 1. The lowest BCUT2D eigenvalue weighted by molar-refractivity contribution is 0.0932. The van der Waals surface area contributed by atoms with Crippen LogP contribution < -0.4 is 5.32 Å². The summed E-state index contributed by atoms with van der Waals surface area (Å²) < 4.78 is 30.4. The van der Waals surface area contributed by atoms with Gasteiger partial charge in [-0.05, 0) is 77.0 Å². The summed E-state index contributed by atoms with van der Waals surface area (Å²) in [7, 11) is -3.72. The van der Waals surface area contributed by atoms with E-state index in [0.717, 1.165) is 40.3 Å². The number of hydrogen-bond acceptors (Lipinski definition) is 3. The lowest BCUT2D eigenvalue weighted by Gasteiger charge is -2.43. The second kappa shape index (κ2) is 16.1. The van der Waals surface area contributed by atoms with Gasteiger partial charge in [0.05, 0.1) is 0 Å². The van der Waals surface area contributed by atoms with E-state index in [4.69, 9.17) is 0 Å². The van der Waals surface area contributed by atoms with Gasteiger partial charge in [-0.1, -0.05) is 93.8 Å². The van der Waals surface area contributed by atoms with Gasteiger partial charge in [0, 0.05) is 42.5 Å². The Balaban J connectivity index is 0.00000113. The minimum atomic E-state index is -3.72. The van der Waals surface area contributed by atoms with Crippen LogP contribution in [0, 0.1) is 19.8 Å². The predicted molar refractivity (Wildman–Crippen MR) is 177 cm³/mol. The summed E-state index contributed by atoms with van der Waals surface area (Å²) in [6.45, 7) is 19.5. The van der Waals surface area contributed by atoms with Crippen LogP contribution in [0.25, 0.3) is 0 Å². The van der Waals surface area contributed by atoms with Gasteiger partial charge in [0.25, 0.3) is 5.91 Å². The molecule has 6 nitrogen and oxygen atoms in total. The number of rotatable bonds is 10.